The maximum Gasteiger partial charge on any atom is 0.144 e. The first kappa shape index (κ1) is 14.5. The average Bonchev–Trinajstić information content (AvgIpc) is 2.44. The lowest BCUT2D eigenvalue weighted by molar-refractivity contribution is 0.314. The molecule has 0 atom stereocenters. The standard InChI is InChI=1S/C16H22N4/c1-4-17-16-10-18-15(9-19-16)12-20(3)11-14-7-5-13(2)6-8-14/h5-10H,4,11-12H2,1-3H3,(H,17,19). The topological polar surface area (TPSA) is 41.1 Å². The molecule has 1 N–H and O–H groups in total. The Balaban J connectivity index is 1.90. The second-order valence-electron chi connectivity index (χ2n) is 5.08. The highest BCUT2D eigenvalue weighted by molar-refractivity contribution is 5.30. The minimum atomic E-state index is 0.799. The van der Waals surface area contributed by atoms with Gasteiger partial charge in [0.1, 0.15) is 5.82 Å². The van der Waals surface area contributed by atoms with E-state index in [4.69, 9.17) is 0 Å². The van der Waals surface area contributed by atoms with Crippen molar-refractivity contribution in [3.63, 3.8) is 0 Å². The predicted octanol–water partition coefficient (Wildman–Crippen LogP) is 2.85. The van der Waals surface area contributed by atoms with Crippen molar-refractivity contribution in [1.29, 1.82) is 0 Å². The largest absolute Gasteiger partial charge is 0.369 e. The Hall–Kier alpha value is -1.94. The molecule has 1 aromatic heterocycles. The van der Waals surface area contributed by atoms with Gasteiger partial charge in [-0.1, -0.05) is 29.8 Å². The first-order chi connectivity index (χ1) is 9.67. The molecule has 1 heterocycles. The van der Waals surface area contributed by atoms with Gasteiger partial charge in [-0.05, 0) is 26.5 Å². The van der Waals surface area contributed by atoms with Crippen molar-refractivity contribution in [2.75, 3.05) is 18.9 Å². The number of rotatable bonds is 6. The zero-order valence-corrected chi connectivity index (χ0v) is 12.4. The van der Waals surface area contributed by atoms with Gasteiger partial charge in [-0.3, -0.25) is 9.88 Å². The van der Waals surface area contributed by atoms with Crippen LogP contribution in [0.15, 0.2) is 36.7 Å². The molecule has 4 heteroatoms. The third kappa shape index (κ3) is 4.31. The summed E-state index contributed by atoms with van der Waals surface area (Å²) in [7, 11) is 2.10. The van der Waals surface area contributed by atoms with Crippen molar-refractivity contribution < 1.29 is 0 Å². The molecule has 2 aromatic rings. The highest BCUT2D eigenvalue weighted by Gasteiger charge is 2.03. The van der Waals surface area contributed by atoms with Crippen molar-refractivity contribution >= 4 is 5.82 Å². The van der Waals surface area contributed by atoms with Crippen LogP contribution in [0.1, 0.15) is 23.7 Å². The molecule has 106 valence electrons. The summed E-state index contributed by atoms with van der Waals surface area (Å²) in [5, 5.41) is 3.15. The molecule has 0 aliphatic carbocycles. The van der Waals surface area contributed by atoms with Crippen LogP contribution in [0.2, 0.25) is 0 Å². The summed E-state index contributed by atoms with van der Waals surface area (Å²) >= 11 is 0. The predicted molar refractivity (Wildman–Crippen MR) is 82.5 cm³/mol. The zero-order valence-electron chi connectivity index (χ0n) is 12.4. The lowest BCUT2D eigenvalue weighted by Gasteiger charge is -2.16. The molecular weight excluding hydrogens is 248 g/mol. The smallest absolute Gasteiger partial charge is 0.144 e. The summed E-state index contributed by atoms with van der Waals surface area (Å²) in [6.07, 6.45) is 3.63. The quantitative estimate of drug-likeness (QED) is 0.876. The Bertz CT molecular complexity index is 519. The third-order valence-corrected chi connectivity index (χ3v) is 3.07. The normalized spacial score (nSPS) is 10.8. The highest BCUT2D eigenvalue weighted by Crippen LogP contribution is 2.08. The number of nitrogens with one attached hydrogen (secondary N) is 1. The van der Waals surface area contributed by atoms with Crippen LogP contribution < -0.4 is 5.32 Å². The summed E-state index contributed by atoms with van der Waals surface area (Å²) in [5.41, 5.74) is 3.60. The third-order valence-electron chi connectivity index (χ3n) is 3.07. The second-order valence-corrected chi connectivity index (χ2v) is 5.08. The number of nitrogens with zero attached hydrogens (tertiary/aromatic N) is 3. The van der Waals surface area contributed by atoms with Gasteiger partial charge in [-0.2, -0.15) is 0 Å². The Kier molecular flexibility index (Phi) is 5.07. The lowest BCUT2D eigenvalue weighted by Crippen LogP contribution is -2.18. The molecule has 0 radical (unpaired) electrons. The Morgan fingerprint density at radius 1 is 1.05 bits per heavy atom. The van der Waals surface area contributed by atoms with Crippen LogP contribution in [-0.2, 0) is 13.1 Å². The van der Waals surface area contributed by atoms with Crippen LogP contribution in [0.4, 0.5) is 5.82 Å². The minimum Gasteiger partial charge on any atom is -0.369 e. The molecule has 0 bridgehead atoms. The summed E-state index contributed by atoms with van der Waals surface area (Å²) in [5.74, 6) is 0.831. The molecule has 20 heavy (non-hydrogen) atoms. The van der Waals surface area contributed by atoms with Crippen LogP contribution in [0.3, 0.4) is 0 Å². The molecule has 4 nitrogen and oxygen atoms in total. The maximum atomic E-state index is 4.43. The Morgan fingerprint density at radius 2 is 1.80 bits per heavy atom. The molecule has 0 fully saturated rings. The van der Waals surface area contributed by atoms with E-state index in [1.807, 2.05) is 13.1 Å². The molecule has 2 rings (SSSR count). The van der Waals surface area contributed by atoms with Crippen molar-refractivity contribution in [3.05, 3.63) is 53.5 Å². The van der Waals surface area contributed by atoms with Crippen molar-refractivity contribution in [2.45, 2.75) is 26.9 Å². The lowest BCUT2D eigenvalue weighted by atomic mass is 10.1. The summed E-state index contributed by atoms with van der Waals surface area (Å²) in [6, 6.07) is 8.64. The number of aromatic nitrogens is 2. The van der Waals surface area contributed by atoms with Gasteiger partial charge in [0, 0.05) is 19.6 Å². The van der Waals surface area contributed by atoms with E-state index in [1.54, 1.807) is 6.20 Å². The second kappa shape index (κ2) is 7.01. The number of aryl methyl sites for hydroxylation is 1. The van der Waals surface area contributed by atoms with Crippen molar-refractivity contribution in [3.8, 4) is 0 Å². The maximum absolute atomic E-state index is 4.43. The van der Waals surface area contributed by atoms with Gasteiger partial charge in [-0.15, -0.1) is 0 Å². The van der Waals surface area contributed by atoms with E-state index in [9.17, 15) is 0 Å². The van der Waals surface area contributed by atoms with Gasteiger partial charge in [0.15, 0.2) is 0 Å². The van der Waals surface area contributed by atoms with Crippen LogP contribution >= 0.6 is 0 Å². The van der Waals surface area contributed by atoms with E-state index in [-0.39, 0.29) is 0 Å². The fourth-order valence-corrected chi connectivity index (χ4v) is 2.05. The van der Waals surface area contributed by atoms with Gasteiger partial charge < -0.3 is 5.32 Å². The number of benzene rings is 1. The highest BCUT2D eigenvalue weighted by atomic mass is 15.1. The first-order valence-corrected chi connectivity index (χ1v) is 6.96. The number of hydrogen-bond donors (Lipinski definition) is 1. The van der Waals surface area contributed by atoms with Gasteiger partial charge >= 0.3 is 0 Å². The molecule has 0 saturated heterocycles. The molecule has 0 saturated carbocycles. The van der Waals surface area contributed by atoms with E-state index in [0.29, 0.717) is 0 Å². The molecule has 0 aliphatic rings. The van der Waals surface area contributed by atoms with Gasteiger partial charge in [-0.25, -0.2) is 4.98 Å². The first-order valence-electron chi connectivity index (χ1n) is 6.96. The van der Waals surface area contributed by atoms with E-state index in [0.717, 1.165) is 31.1 Å². The molecular formula is C16H22N4. The molecule has 0 amide bonds. The SMILES string of the molecule is CCNc1cnc(CN(C)Cc2ccc(C)cc2)cn1. The Morgan fingerprint density at radius 3 is 2.40 bits per heavy atom. The number of anilines is 1. The minimum absolute atomic E-state index is 0.799. The number of hydrogen-bond acceptors (Lipinski definition) is 4. The van der Waals surface area contributed by atoms with E-state index >= 15 is 0 Å². The summed E-state index contributed by atoms with van der Waals surface area (Å²) < 4.78 is 0. The zero-order chi connectivity index (χ0) is 14.4. The van der Waals surface area contributed by atoms with Crippen LogP contribution in [0.25, 0.3) is 0 Å². The Labute approximate surface area is 120 Å². The van der Waals surface area contributed by atoms with E-state index in [1.165, 1.54) is 11.1 Å². The van der Waals surface area contributed by atoms with E-state index in [2.05, 4.69) is 58.4 Å². The van der Waals surface area contributed by atoms with Gasteiger partial charge in [0.25, 0.3) is 0 Å². The summed E-state index contributed by atoms with van der Waals surface area (Å²) in [4.78, 5) is 11.0. The van der Waals surface area contributed by atoms with Crippen LogP contribution in [-0.4, -0.2) is 28.5 Å². The fraction of sp³-hybridized carbons (Fsp3) is 0.375. The molecule has 1 aromatic carbocycles. The molecule has 0 unspecified atom stereocenters. The summed E-state index contributed by atoms with van der Waals surface area (Å²) in [6.45, 7) is 6.73. The van der Waals surface area contributed by atoms with Gasteiger partial charge in [0.2, 0.25) is 0 Å². The molecule has 0 aliphatic heterocycles. The fourth-order valence-electron chi connectivity index (χ4n) is 2.05. The molecule has 0 spiro atoms. The average molecular weight is 270 g/mol. The van der Waals surface area contributed by atoms with Crippen molar-refractivity contribution in [1.82, 2.24) is 14.9 Å². The van der Waals surface area contributed by atoms with Gasteiger partial charge in [0.05, 0.1) is 18.1 Å². The van der Waals surface area contributed by atoms with Crippen LogP contribution in [0.5, 0.6) is 0 Å². The van der Waals surface area contributed by atoms with E-state index < -0.39 is 0 Å². The van der Waals surface area contributed by atoms with Crippen molar-refractivity contribution in [2.24, 2.45) is 0 Å². The monoisotopic (exact) mass is 270 g/mol. The van der Waals surface area contributed by atoms with Crippen LogP contribution in [0, 0.1) is 6.92 Å².